The molecule has 3 heteroatoms. The minimum atomic E-state index is 0.178. The first kappa shape index (κ1) is 12.2. The Kier molecular flexibility index (Phi) is 3.14. The van der Waals surface area contributed by atoms with E-state index in [0.717, 1.165) is 13.0 Å². The molecule has 1 aliphatic heterocycles. The van der Waals surface area contributed by atoms with Gasteiger partial charge in [0.2, 0.25) is 0 Å². The zero-order chi connectivity index (χ0) is 12.6. The third kappa shape index (κ3) is 1.96. The highest BCUT2D eigenvalue weighted by Gasteiger charge is 2.59. The standard InChI is InChI=1S/C15H21NO2/c1-15(2)13(12-8-9-17-14(12)15)16-18-10-11-6-4-3-5-7-11/h3-7,12-14,16H,8-10H2,1-2H3. The fraction of sp³-hybridized carbons (Fsp3) is 0.600. The van der Waals surface area contributed by atoms with Crippen LogP contribution in [0.1, 0.15) is 25.8 Å². The molecule has 0 bridgehead atoms. The molecule has 1 heterocycles. The van der Waals surface area contributed by atoms with Crippen molar-refractivity contribution in [2.75, 3.05) is 6.61 Å². The van der Waals surface area contributed by atoms with Gasteiger partial charge in [0.15, 0.2) is 0 Å². The highest BCUT2D eigenvalue weighted by atomic mass is 16.6. The lowest BCUT2D eigenvalue weighted by molar-refractivity contribution is -0.163. The predicted octanol–water partition coefficient (Wildman–Crippen LogP) is 2.52. The van der Waals surface area contributed by atoms with E-state index in [9.17, 15) is 0 Å². The number of benzene rings is 1. The van der Waals surface area contributed by atoms with Gasteiger partial charge in [-0.05, 0) is 12.0 Å². The number of ether oxygens (including phenoxy) is 1. The molecule has 3 atom stereocenters. The van der Waals surface area contributed by atoms with Gasteiger partial charge in [-0.25, -0.2) is 0 Å². The maximum Gasteiger partial charge on any atom is 0.0933 e. The lowest BCUT2D eigenvalue weighted by Gasteiger charge is -2.54. The van der Waals surface area contributed by atoms with Crippen molar-refractivity contribution < 1.29 is 9.57 Å². The molecule has 0 spiro atoms. The molecule has 3 rings (SSSR count). The Morgan fingerprint density at radius 3 is 2.89 bits per heavy atom. The predicted molar refractivity (Wildman–Crippen MR) is 69.8 cm³/mol. The smallest absolute Gasteiger partial charge is 0.0933 e. The van der Waals surface area contributed by atoms with Gasteiger partial charge in [0.25, 0.3) is 0 Å². The van der Waals surface area contributed by atoms with Crippen molar-refractivity contribution in [2.45, 2.75) is 39.0 Å². The van der Waals surface area contributed by atoms with Gasteiger partial charge in [0, 0.05) is 24.0 Å². The maximum absolute atomic E-state index is 5.77. The van der Waals surface area contributed by atoms with E-state index in [1.165, 1.54) is 5.56 Å². The van der Waals surface area contributed by atoms with E-state index >= 15 is 0 Å². The molecule has 3 nitrogen and oxygen atoms in total. The molecule has 1 aromatic rings. The molecular weight excluding hydrogens is 226 g/mol. The normalized spacial score (nSPS) is 32.9. The summed E-state index contributed by atoms with van der Waals surface area (Å²) in [5, 5.41) is 0. The largest absolute Gasteiger partial charge is 0.377 e. The van der Waals surface area contributed by atoms with Crippen molar-refractivity contribution >= 4 is 0 Å². The molecule has 1 N–H and O–H groups in total. The molecule has 2 aliphatic rings. The van der Waals surface area contributed by atoms with Crippen LogP contribution in [0.15, 0.2) is 30.3 Å². The van der Waals surface area contributed by atoms with Crippen LogP contribution >= 0.6 is 0 Å². The average molecular weight is 247 g/mol. The molecule has 2 fully saturated rings. The summed E-state index contributed by atoms with van der Waals surface area (Å²) in [6.07, 6.45) is 1.57. The lowest BCUT2D eigenvalue weighted by Crippen LogP contribution is -2.65. The molecule has 18 heavy (non-hydrogen) atoms. The average Bonchev–Trinajstić information content (AvgIpc) is 2.82. The van der Waals surface area contributed by atoms with E-state index in [1.807, 2.05) is 18.2 Å². The first-order valence-corrected chi connectivity index (χ1v) is 6.72. The number of hydrogen-bond acceptors (Lipinski definition) is 3. The van der Waals surface area contributed by atoms with Gasteiger partial charge in [-0.15, -0.1) is 0 Å². The van der Waals surface area contributed by atoms with Gasteiger partial charge >= 0.3 is 0 Å². The Hall–Kier alpha value is -0.900. The Balaban J connectivity index is 1.52. The first-order valence-electron chi connectivity index (χ1n) is 6.72. The highest BCUT2D eigenvalue weighted by molar-refractivity contribution is 5.13. The lowest BCUT2D eigenvalue weighted by atomic mass is 9.58. The molecule has 98 valence electrons. The second kappa shape index (κ2) is 4.65. The van der Waals surface area contributed by atoms with Gasteiger partial charge in [0.1, 0.15) is 0 Å². The minimum Gasteiger partial charge on any atom is -0.377 e. The first-order chi connectivity index (χ1) is 8.69. The van der Waals surface area contributed by atoms with E-state index in [2.05, 4.69) is 31.5 Å². The van der Waals surface area contributed by atoms with Crippen LogP contribution in [-0.4, -0.2) is 18.8 Å². The van der Waals surface area contributed by atoms with Crippen LogP contribution in [0.4, 0.5) is 0 Å². The minimum absolute atomic E-state index is 0.178. The van der Waals surface area contributed by atoms with E-state index in [-0.39, 0.29) is 5.41 Å². The van der Waals surface area contributed by atoms with E-state index in [4.69, 9.17) is 9.57 Å². The van der Waals surface area contributed by atoms with Gasteiger partial charge in [-0.3, -0.25) is 4.84 Å². The van der Waals surface area contributed by atoms with Crippen molar-refractivity contribution in [3.05, 3.63) is 35.9 Å². The third-order valence-electron chi connectivity index (χ3n) is 4.39. The maximum atomic E-state index is 5.77. The summed E-state index contributed by atoms with van der Waals surface area (Å²) in [5.74, 6) is 0.621. The quantitative estimate of drug-likeness (QED) is 0.829. The Labute approximate surface area is 108 Å². The highest BCUT2D eigenvalue weighted by Crippen LogP contribution is 2.52. The molecule has 0 radical (unpaired) electrons. The Bertz CT molecular complexity index is 404. The molecule has 1 aromatic carbocycles. The van der Waals surface area contributed by atoms with Crippen LogP contribution in [0.3, 0.4) is 0 Å². The summed E-state index contributed by atoms with van der Waals surface area (Å²) >= 11 is 0. The zero-order valence-electron chi connectivity index (χ0n) is 11.1. The fourth-order valence-electron chi connectivity index (χ4n) is 3.35. The summed E-state index contributed by atoms with van der Waals surface area (Å²) in [6, 6.07) is 10.7. The van der Waals surface area contributed by atoms with Crippen LogP contribution < -0.4 is 5.48 Å². The second-order valence-corrected chi connectivity index (χ2v) is 5.94. The molecule has 1 saturated carbocycles. The van der Waals surface area contributed by atoms with Crippen molar-refractivity contribution in [1.82, 2.24) is 5.48 Å². The topological polar surface area (TPSA) is 30.5 Å². The van der Waals surface area contributed by atoms with Crippen LogP contribution in [0.25, 0.3) is 0 Å². The molecule has 0 aromatic heterocycles. The molecular formula is C15H21NO2. The van der Waals surface area contributed by atoms with Crippen molar-refractivity contribution in [3.63, 3.8) is 0 Å². The molecule has 1 saturated heterocycles. The van der Waals surface area contributed by atoms with Gasteiger partial charge < -0.3 is 4.74 Å². The number of fused-ring (bicyclic) bond motifs is 1. The van der Waals surface area contributed by atoms with Crippen LogP contribution in [0.2, 0.25) is 0 Å². The van der Waals surface area contributed by atoms with E-state index < -0.39 is 0 Å². The number of hydroxylamine groups is 1. The van der Waals surface area contributed by atoms with Crippen LogP contribution in [0, 0.1) is 11.3 Å². The number of nitrogens with one attached hydrogen (secondary N) is 1. The van der Waals surface area contributed by atoms with Crippen LogP contribution in [-0.2, 0) is 16.2 Å². The number of hydrogen-bond donors (Lipinski definition) is 1. The van der Waals surface area contributed by atoms with Gasteiger partial charge in [-0.2, -0.15) is 5.48 Å². The zero-order valence-corrected chi connectivity index (χ0v) is 11.1. The third-order valence-corrected chi connectivity index (χ3v) is 4.39. The SMILES string of the molecule is CC1(C)C(NOCc2ccccc2)C2CCOC21. The van der Waals surface area contributed by atoms with Gasteiger partial charge in [-0.1, -0.05) is 44.2 Å². The van der Waals surface area contributed by atoms with Crippen molar-refractivity contribution in [1.29, 1.82) is 0 Å². The van der Waals surface area contributed by atoms with E-state index in [1.54, 1.807) is 0 Å². The monoisotopic (exact) mass is 247 g/mol. The molecule has 0 amide bonds. The van der Waals surface area contributed by atoms with E-state index in [0.29, 0.717) is 24.7 Å². The summed E-state index contributed by atoms with van der Waals surface area (Å²) < 4.78 is 5.77. The Morgan fingerprint density at radius 2 is 2.11 bits per heavy atom. The van der Waals surface area contributed by atoms with Crippen LogP contribution in [0.5, 0.6) is 0 Å². The summed E-state index contributed by atoms with van der Waals surface area (Å²) in [4.78, 5) is 5.66. The second-order valence-electron chi connectivity index (χ2n) is 5.94. The molecule has 1 aliphatic carbocycles. The van der Waals surface area contributed by atoms with Crippen molar-refractivity contribution in [3.8, 4) is 0 Å². The van der Waals surface area contributed by atoms with Crippen molar-refractivity contribution in [2.24, 2.45) is 11.3 Å². The molecule has 3 unspecified atom stereocenters. The fourth-order valence-corrected chi connectivity index (χ4v) is 3.35. The summed E-state index contributed by atoms with van der Waals surface area (Å²) in [7, 11) is 0. The number of rotatable bonds is 4. The summed E-state index contributed by atoms with van der Waals surface area (Å²) in [6.45, 7) is 6.02. The summed E-state index contributed by atoms with van der Waals surface area (Å²) in [5.41, 5.74) is 4.62. The Morgan fingerprint density at radius 1 is 1.33 bits per heavy atom. The van der Waals surface area contributed by atoms with Gasteiger partial charge in [0.05, 0.1) is 12.7 Å².